The number of nitrogens with one attached hydrogen (secondary N) is 2. The fraction of sp³-hybridized carbons (Fsp3) is 0.167. The molecule has 1 atom stereocenters. The molecule has 1 unspecified atom stereocenters. The van der Waals surface area contributed by atoms with Crippen molar-refractivity contribution in [1.29, 1.82) is 5.26 Å². The van der Waals surface area contributed by atoms with Gasteiger partial charge in [0.25, 0.3) is 0 Å². The minimum Gasteiger partial charge on any atom is -0.491 e. The summed E-state index contributed by atoms with van der Waals surface area (Å²) in [5.74, 6) is 1.12. The van der Waals surface area contributed by atoms with E-state index in [9.17, 15) is 5.26 Å². The minimum atomic E-state index is -0.101. The summed E-state index contributed by atoms with van der Waals surface area (Å²) in [4.78, 5) is 7.51. The number of hydrogen-bond donors (Lipinski definition) is 2. The molecule has 6 nitrogen and oxygen atoms in total. The van der Waals surface area contributed by atoms with E-state index in [-0.39, 0.29) is 11.8 Å². The first-order chi connectivity index (χ1) is 14.7. The molecule has 2 heterocycles. The second-order valence-corrected chi connectivity index (χ2v) is 7.01. The van der Waals surface area contributed by atoms with Crippen LogP contribution in [0.3, 0.4) is 0 Å². The molecule has 2 aromatic heterocycles. The van der Waals surface area contributed by atoms with Crippen molar-refractivity contribution in [3.63, 3.8) is 0 Å². The lowest BCUT2D eigenvalue weighted by molar-refractivity contribution is 0.0214. The molecular formula is C24H22N4O2. The van der Waals surface area contributed by atoms with Crippen LogP contribution in [0.15, 0.2) is 72.9 Å². The lowest BCUT2D eigenvalue weighted by Gasteiger charge is -2.15. The summed E-state index contributed by atoms with van der Waals surface area (Å²) in [6, 6.07) is 23.5. The van der Waals surface area contributed by atoms with E-state index in [0.29, 0.717) is 24.8 Å². The summed E-state index contributed by atoms with van der Waals surface area (Å²) >= 11 is 0. The van der Waals surface area contributed by atoms with Crippen LogP contribution in [-0.2, 0) is 11.3 Å². The maximum atomic E-state index is 9.33. The van der Waals surface area contributed by atoms with Crippen molar-refractivity contribution in [2.75, 3.05) is 11.9 Å². The van der Waals surface area contributed by atoms with Crippen LogP contribution in [-0.4, -0.2) is 22.7 Å². The molecule has 0 saturated heterocycles. The average molecular weight is 398 g/mol. The smallest absolute Gasteiger partial charge is 0.146 e. The standard InChI is InChI=1S/C24H22N4O2/c1-17(29-16-18-5-3-2-4-6-18)15-30-22-11-21(14-25)28-24(13-22)27-20-8-7-19-9-10-26-23(19)12-20/h2-13,17,26H,15-16H2,1H3,(H,27,28). The predicted molar refractivity (Wildman–Crippen MR) is 117 cm³/mol. The number of pyridine rings is 1. The van der Waals surface area contributed by atoms with Gasteiger partial charge in [0, 0.05) is 29.5 Å². The van der Waals surface area contributed by atoms with Gasteiger partial charge in [0.05, 0.1) is 12.7 Å². The van der Waals surface area contributed by atoms with Crippen molar-refractivity contribution in [1.82, 2.24) is 9.97 Å². The first-order valence-corrected chi connectivity index (χ1v) is 9.74. The van der Waals surface area contributed by atoms with E-state index in [1.165, 1.54) is 0 Å². The second-order valence-electron chi connectivity index (χ2n) is 7.01. The summed E-state index contributed by atoms with van der Waals surface area (Å²) in [5.41, 5.74) is 3.30. The van der Waals surface area contributed by atoms with Gasteiger partial charge in [-0.1, -0.05) is 36.4 Å². The molecule has 150 valence electrons. The van der Waals surface area contributed by atoms with Crippen molar-refractivity contribution in [2.45, 2.75) is 19.6 Å². The lowest BCUT2D eigenvalue weighted by atomic mass is 10.2. The number of benzene rings is 2. The number of rotatable bonds is 8. The Kier molecular flexibility index (Phi) is 5.93. The molecule has 0 amide bonds. The number of anilines is 2. The van der Waals surface area contributed by atoms with Gasteiger partial charge in [-0.3, -0.25) is 0 Å². The van der Waals surface area contributed by atoms with E-state index in [4.69, 9.17) is 9.47 Å². The van der Waals surface area contributed by atoms with Gasteiger partial charge in [0.2, 0.25) is 0 Å². The van der Waals surface area contributed by atoms with E-state index < -0.39 is 0 Å². The van der Waals surface area contributed by atoms with Crippen LogP contribution < -0.4 is 10.1 Å². The fourth-order valence-corrected chi connectivity index (χ4v) is 3.06. The Morgan fingerprint density at radius 1 is 1.10 bits per heavy atom. The van der Waals surface area contributed by atoms with Crippen LogP contribution in [0.1, 0.15) is 18.2 Å². The highest BCUT2D eigenvalue weighted by atomic mass is 16.5. The second kappa shape index (κ2) is 9.12. The van der Waals surface area contributed by atoms with Gasteiger partial charge in [-0.05, 0) is 36.1 Å². The summed E-state index contributed by atoms with van der Waals surface area (Å²) < 4.78 is 11.7. The molecule has 0 bridgehead atoms. The predicted octanol–water partition coefficient (Wildman–Crippen LogP) is 5.16. The molecule has 2 N–H and O–H groups in total. The molecule has 0 spiro atoms. The number of fused-ring (bicyclic) bond motifs is 1. The number of H-pyrrole nitrogens is 1. The largest absolute Gasteiger partial charge is 0.491 e. The summed E-state index contributed by atoms with van der Waals surface area (Å²) in [5, 5.41) is 13.7. The van der Waals surface area contributed by atoms with Crippen LogP contribution in [0, 0.1) is 11.3 Å². The lowest BCUT2D eigenvalue weighted by Crippen LogP contribution is -2.18. The van der Waals surface area contributed by atoms with Gasteiger partial charge in [-0.2, -0.15) is 5.26 Å². The van der Waals surface area contributed by atoms with Crippen molar-refractivity contribution in [3.8, 4) is 11.8 Å². The Morgan fingerprint density at radius 2 is 1.97 bits per heavy atom. The Balaban J connectivity index is 1.40. The molecule has 2 aromatic carbocycles. The van der Waals surface area contributed by atoms with Gasteiger partial charge in [0.15, 0.2) is 0 Å². The van der Waals surface area contributed by atoms with Gasteiger partial charge >= 0.3 is 0 Å². The summed E-state index contributed by atoms with van der Waals surface area (Å²) in [6.07, 6.45) is 1.80. The zero-order valence-corrected chi connectivity index (χ0v) is 16.6. The third kappa shape index (κ3) is 4.96. The normalized spacial score (nSPS) is 11.7. The van der Waals surface area contributed by atoms with Gasteiger partial charge in [-0.25, -0.2) is 4.98 Å². The Bertz CT molecular complexity index is 1160. The van der Waals surface area contributed by atoms with Crippen LogP contribution in [0.4, 0.5) is 11.5 Å². The quantitative estimate of drug-likeness (QED) is 0.428. The van der Waals surface area contributed by atoms with Gasteiger partial charge < -0.3 is 19.8 Å². The van der Waals surface area contributed by atoms with E-state index in [1.54, 1.807) is 12.1 Å². The van der Waals surface area contributed by atoms with Crippen molar-refractivity contribution >= 4 is 22.4 Å². The van der Waals surface area contributed by atoms with Crippen LogP contribution in [0.2, 0.25) is 0 Å². The average Bonchev–Trinajstić information content (AvgIpc) is 3.25. The number of nitrogens with zero attached hydrogens (tertiary/aromatic N) is 2. The molecule has 0 fully saturated rings. The van der Waals surface area contributed by atoms with Crippen LogP contribution in [0.5, 0.6) is 5.75 Å². The molecule has 0 aliphatic rings. The zero-order valence-electron chi connectivity index (χ0n) is 16.6. The summed E-state index contributed by atoms with van der Waals surface area (Å²) in [7, 11) is 0. The first kappa shape index (κ1) is 19.5. The SMILES string of the molecule is CC(COc1cc(C#N)nc(Nc2ccc3cc[nH]c3c2)c1)OCc1ccccc1. The van der Waals surface area contributed by atoms with Crippen LogP contribution in [0.25, 0.3) is 10.9 Å². The molecule has 30 heavy (non-hydrogen) atoms. The number of aromatic amines is 1. The molecule has 4 rings (SSSR count). The molecule has 0 aliphatic heterocycles. The van der Waals surface area contributed by atoms with Crippen molar-refractivity contribution in [3.05, 3.63) is 84.2 Å². The number of aromatic nitrogens is 2. The minimum absolute atomic E-state index is 0.101. The Morgan fingerprint density at radius 3 is 2.80 bits per heavy atom. The highest BCUT2D eigenvalue weighted by Gasteiger charge is 2.08. The molecule has 0 radical (unpaired) electrons. The van der Waals surface area contributed by atoms with Gasteiger partial charge in [-0.15, -0.1) is 0 Å². The number of hydrogen-bond acceptors (Lipinski definition) is 5. The van der Waals surface area contributed by atoms with E-state index in [0.717, 1.165) is 22.2 Å². The van der Waals surface area contributed by atoms with E-state index in [2.05, 4.69) is 21.4 Å². The first-order valence-electron chi connectivity index (χ1n) is 9.74. The molecule has 4 aromatic rings. The maximum Gasteiger partial charge on any atom is 0.146 e. The molecular weight excluding hydrogens is 376 g/mol. The summed E-state index contributed by atoms with van der Waals surface area (Å²) in [6.45, 7) is 2.86. The molecule has 0 aliphatic carbocycles. The molecule has 6 heteroatoms. The van der Waals surface area contributed by atoms with E-state index >= 15 is 0 Å². The Labute approximate surface area is 175 Å². The van der Waals surface area contributed by atoms with Crippen molar-refractivity contribution in [2.24, 2.45) is 0 Å². The monoisotopic (exact) mass is 398 g/mol. The maximum absolute atomic E-state index is 9.33. The van der Waals surface area contributed by atoms with E-state index in [1.807, 2.05) is 67.7 Å². The third-order valence-corrected chi connectivity index (χ3v) is 4.60. The highest BCUT2D eigenvalue weighted by molar-refractivity contribution is 5.83. The van der Waals surface area contributed by atoms with Crippen LogP contribution >= 0.6 is 0 Å². The Hall–Kier alpha value is -3.82. The zero-order chi connectivity index (χ0) is 20.8. The topological polar surface area (TPSA) is 83.0 Å². The highest BCUT2D eigenvalue weighted by Crippen LogP contribution is 2.24. The number of nitriles is 1. The molecule has 0 saturated carbocycles. The number of ether oxygens (including phenoxy) is 2. The van der Waals surface area contributed by atoms with Gasteiger partial charge in [0.1, 0.15) is 29.9 Å². The third-order valence-electron chi connectivity index (χ3n) is 4.60. The van der Waals surface area contributed by atoms with Crippen molar-refractivity contribution < 1.29 is 9.47 Å². The fourth-order valence-electron chi connectivity index (χ4n) is 3.06.